The predicted molar refractivity (Wildman–Crippen MR) is 148 cm³/mol. The highest BCUT2D eigenvalue weighted by molar-refractivity contribution is 5.81. The summed E-state index contributed by atoms with van der Waals surface area (Å²) in [5.41, 5.74) is 2.70. The Morgan fingerprint density at radius 1 is 0.872 bits per heavy atom. The molecule has 0 aromatic heterocycles. The van der Waals surface area contributed by atoms with Crippen LogP contribution in [0, 0.1) is 5.92 Å². The van der Waals surface area contributed by atoms with E-state index in [1.54, 1.807) is 0 Å². The zero-order chi connectivity index (χ0) is 27.3. The third kappa shape index (κ3) is 9.07. The standard InChI is InChI=1S/C32H36N2O5/c35-24-34(38-23-26-14-6-2-7-15-26)22-28(20-25-12-4-1-5-13-25)32(37)33-30(27-16-8-3-9-17-27)21-31(36)39-29-18-10-11-19-29/h1-9,12-17,24,28-30H,10-11,18-23H2,(H,33,37). The first-order valence-corrected chi connectivity index (χ1v) is 13.6. The molecule has 7 nitrogen and oxygen atoms in total. The zero-order valence-electron chi connectivity index (χ0n) is 22.1. The van der Waals surface area contributed by atoms with E-state index in [1.165, 1.54) is 5.06 Å². The molecule has 2 amide bonds. The molecule has 4 rings (SSSR count). The van der Waals surface area contributed by atoms with Crippen molar-refractivity contribution in [2.75, 3.05) is 6.54 Å². The number of carbonyl (C=O) groups excluding carboxylic acids is 3. The van der Waals surface area contributed by atoms with Gasteiger partial charge in [-0.05, 0) is 48.8 Å². The molecule has 0 radical (unpaired) electrons. The van der Waals surface area contributed by atoms with E-state index < -0.39 is 12.0 Å². The summed E-state index contributed by atoms with van der Waals surface area (Å²) in [4.78, 5) is 44.2. The van der Waals surface area contributed by atoms with Crippen LogP contribution in [0.1, 0.15) is 54.8 Å². The first kappa shape index (κ1) is 28.0. The van der Waals surface area contributed by atoms with Gasteiger partial charge in [-0.1, -0.05) is 91.0 Å². The van der Waals surface area contributed by atoms with Crippen molar-refractivity contribution < 1.29 is 24.0 Å². The fourth-order valence-electron chi connectivity index (χ4n) is 4.85. The van der Waals surface area contributed by atoms with E-state index in [9.17, 15) is 14.4 Å². The number of amides is 2. The van der Waals surface area contributed by atoms with Gasteiger partial charge in [-0.3, -0.25) is 19.2 Å². The van der Waals surface area contributed by atoms with Gasteiger partial charge in [-0.2, -0.15) is 0 Å². The zero-order valence-corrected chi connectivity index (χ0v) is 22.1. The van der Waals surface area contributed by atoms with E-state index in [4.69, 9.17) is 9.57 Å². The van der Waals surface area contributed by atoms with Crippen molar-refractivity contribution in [1.82, 2.24) is 10.4 Å². The molecule has 2 atom stereocenters. The minimum atomic E-state index is -0.606. The van der Waals surface area contributed by atoms with Crippen molar-refractivity contribution in [2.45, 2.75) is 57.3 Å². The lowest BCUT2D eigenvalue weighted by Gasteiger charge is -2.26. The molecule has 0 bridgehead atoms. The number of rotatable bonds is 14. The molecule has 1 saturated carbocycles. The highest BCUT2D eigenvalue weighted by Crippen LogP contribution is 2.24. The average Bonchev–Trinajstić information content (AvgIpc) is 3.48. The smallest absolute Gasteiger partial charge is 0.308 e. The third-order valence-electron chi connectivity index (χ3n) is 6.94. The third-order valence-corrected chi connectivity index (χ3v) is 6.94. The molecule has 0 spiro atoms. The van der Waals surface area contributed by atoms with Crippen LogP contribution >= 0.6 is 0 Å². The van der Waals surface area contributed by atoms with Gasteiger partial charge >= 0.3 is 5.97 Å². The van der Waals surface area contributed by atoms with Crippen LogP contribution in [0.2, 0.25) is 0 Å². The number of hydrogen-bond acceptors (Lipinski definition) is 5. The summed E-state index contributed by atoms with van der Waals surface area (Å²) in [5, 5.41) is 4.25. The second-order valence-corrected chi connectivity index (χ2v) is 9.92. The molecule has 0 heterocycles. The van der Waals surface area contributed by atoms with E-state index in [-0.39, 0.29) is 37.6 Å². The van der Waals surface area contributed by atoms with Crippen molar-refractivity contribution in [2.24, 2.45) is 5.92 Å². The SMILES string of the molecule is O=CN(CC(Cc1ccccc1)C(=O)NC(CC(=O)OC1CCCC1)c1ccccc1)OCc1ccccc1. The summed E-state index contributed by atoms with van der Waals surface area (Å²) >= 11 is 0. The topological polar surface area (TPSA) is 84.9 Å². The largest absolute Gasteiger partial charge is 0.462 e. The summed E-state index contributed by atoms with van der Waals surface area (Å²) in [6.45, 7) is 0.268. The van der Waals surface area contributed by atoms with Gasteiger partial charge in [0.05, 0.1) is 24.9 Å². The molecular weight excluding hydrogens is 492 g/mol. The Morgan fingerprint density at radius 2 is 1.46 bits per heavy atom. The van der Waals surface area contributed by atoms with Crippen molar-refractivity contribution in [3.63, 3.8) is 0 Å². The van der Waals surface area contributed by atoms with E-state index in [1.807, 2.05) is 91.0 Å². The first-order valence-electron chi connectivity index (χ1n) is 13.6. The number of carbonyl (C=O) groups is 3. The number of hydroxylamine groups is 2. The van der Waals surface area contributed by atoms with Crippen LogP contribution in [0.3, 0.4) is 0 Å². The number of esters is 1. The minimum Gasteiger partial charge on any atom is -0.462 e. The maximum atomic E-state index is 13.7. The van der Waals surface area contributed by atoms with E-state index in [0.29, 0.717) is 12.8 Å². The molecule has 1 fully saturated rings. The van der Waals surface area contributed by atoms with Crippen LogP contribution in [0.25, 0.3) is 0 Å². The summed E-state index contributed by atoms with van der Waals surface area (Å²) in [6.07, 6.45) is 4.90. The van der Waals surface area contributed by atoms with Gasteiger partial charge in [0.25, 0.3) is 0 Å². The second kappa shape index (κ2) is 14.8. The lowest BCUT2D eigenvalue weighted by Crippen LogP contribution is -2.41. The predicted octanol–water partition coefficient (Wildman–Crippen LogP) is 5.17. The molecule has 204 valence electrons. The number of ether oxygens (including phenoxy) is 1. The van der Waals surface area contributed by atoms with E-state index in [2.05, 4.69) is 5.32 Å². The Labute approximate surface area is 230 Å². The monoisotopic (exact) mass is 528 g/mol. The maximum Gasteiger partial charge on any atom is 0.308 e. The minimum absolute atomic E-state index is 0.0339. The lowest BCUT2D eigenvalue weighted by atomic mass is 9.96. The Balaban J connectivity index is 1.47. The van der Waals surface area contributed by atoms with Crippen molar-refractivity contribution in [3.8, 4) is 0 Å². The quantitative estimate of drug-likeness (QED) is 0.177. The van der Waals surface area contributed by atoms with Crippen LogP contribution in [0.15, 0.2) is 91.0 Å². The van der Waals surface area contributed by atoms with Crippen LogP contribution in [-0.4, -0.2) is 36.0 Å². The number of nitrogens with zero attached hydrogens (tertiary/aromatic N) is 1. The highest BCUT2D eigenvalue weighted by Gasteiger charge is 2.28. The second-order valence-electron chi connectivity index (χ2n) is 9.92. The normalized spacial score (nSPS) is 14.8. The Kier molecular flexibility index (Phi) is 10.7. The molecule has 39 heavy (non-hydrogen) atoms. The summed E-state index contributed by atoms with van der Waals surface area (Å²) in [5.74, 6) is -1.20. The summed E-state index contributed by atoms with van der Waals surface area (Å²) in [7, 11) is 0. The van der Waals surface area contributed by atoms with Crippen molar-refractivity contribution in [3.05, 3.63) is 108 Å². The number of hydrogen-bond donors (Lipinski definition) is 1. The van der Waals surface area contributed by atoms with E-state index >= 15 is 0 Å². The number of benzene rings is 3. The Hall–Kier alpha value is -3.97. The van der Waals surface area contributed by atoms with Crippen LogP contribution in [0.4, 0.5) is 0 Å². The van der Waals surface area contributed by atoms with Gasteiger partial charge in [0.15, 0.2) is 0 Å². The van der Waals surface area contributed by atoms with Crippen LogP contribution < -0.4 is 5.32 Å². The Bertz CT molecular complexity index is 1170. The summed E-state index contributed by atoms with van der Waals surface area (Å²) < 4.78 is 5.69. The Morgan fingerprint density at radius 3 is 2.08 bits per heavy atom. The molecule has 7 heteroatoms. The molecule has 1 aliphatic rings. The molecule has 3 aromatic carbocycles. The van der Waals surface area contributed by atoms with Crippen molar-refractivity contribution >= 4 is 18.3 Å². The fourth-order valence-corrected chi connectivity index (χ4v) is 4.85. The molecule has 1 N–H and O–H groups in total. The fraction of sp³-hybridized carbons (Fsp3) is 0.344. The first-order chi connectivity index (χ1) is 19.1. The number of nitrogens with one attached hydrogen (secondary N) is 1. The van der Waals surface area contributed by atoms with Gasteiger partial charge in [-0.25, -0.2) is 5.06 Å². The maximum absolute atomic E-state index is 13.7. The molecule has 0 aliphatic heterocycles. The summed E-state index contributed by atoms with van der Waals surface area (Å²) in [6, 6.07) is 28.0. The highest BCUT2D eigenvalue weighted by atomic mass is 16.7. The van der Waals surface area contributed by atoms with Crippen LogP contribution in [0.5, 0.6) is 0 Å². The van der Waals surface area contributed by atoms with Gasteiger partial charge in [0.2, 0.25) is 12.3 Å². The lowest BCUT2D eigenvalue weighted by molar-refractivity contribution is -0.182. The molecule has 1 aliphatic carbocycles. The van der Waals surface area contributed by atoms with Gasteiger partial charge in [0.1, 0.15) is 12.7 Å². The van der Waals surface area contributed by atoms with E-state index in [0.717, 1.165) is 42.4 Å². The molecule has 2 unspecified atom stereocenters. The average molecular weight is 529 g/mol. The van der Waals surface area contributed by atoms with Gasteiger partial charge in [0, 0.05) is 0 Å². The van der Waals surface area contributed by atoms with Crippen molar-refractivity contribution in [1.29, 1.82) is 0 Å². The van der Waals surface area contributed by atoms with Gasteiger partial charge < -0.3 is 10.1 Å². The van der Waals surface area contributed by atoms with Crippen LogP contribution in [-0.2, 0) is 37.0 Å². The van der Waals surface area contributed by atoms with Gasteiger partial charge in [-0.15, -0.1) is 0 Å². The molecular formula is C32H36N2O5. The molecule has 3 aromatic rings. The molecule has 0 saturated heterocycles.